The summed E-state index contributed by atoms with van der Waals surface area (Å²) in [4.78, 5) is 44.6. The van der Waals surface area contributed by atoms with Gasteiger partial charge in [0.25, 0.3) is 5.91 Å². The number of hydrogen-bond acceptors (Lipinski definition) is 6. The molecule has 1 aliphatic heterocycles. The second-order valence-corrected chi connectivity index (χ2v) is 8.55. The van der Waals surface area contributed by atoms with E-state index in [1.165, 1.54) is 11.3 Å². The number of rotatable bonds is 3. The molecule has 2 aliphatic rings. The highest BCUT2D eigenvalue weighted by Crippen LogP contribution is 2.31. The van der Waals surface area contributed by atoms with Gasteiger partial charge in [0.1, 0.15) is 11.1 Å². The summed E-state index contributed by atoms with van der Waals surface area (Å²) in [5, 5.41) is 4.21. The number of hydrogen-bond donors (Lipinski definition) is 1. The average Bonchev–Trinajstić information content (AvgIpc) is 3.06. The molecule has 0 bridgehead atoms. The third-order valence-corrected chi connectivity index (χ3v) is 6.59. The number of thiazole rings is 1. The third kappa shape index (κ3) is 3.33. The molecule has 1 fully saturated rings. The topological polar surface area (TPSA) is 92.5 Å². The average molecular weight is 409 g/mol. The molecule has 148 valence electrons. The van der Waals surface area contributed by atoms with Gasteiger partial charge in [-0.05, 0) is 25.0 Å². The zero-order valence-corrected chi connectivity index (χ0v) is 16.5. The fourth-order valence-corrected chi connectivity index (χ4v) is 4.71. The number of para-hydroxylation sites is 1. The van der Waals surface area contributed by atoms with Gasteiger partial charge in [0.15, 0.2) is 5.13 Å². The molecule has 2 aromatic heterocycles. The lowest BCUT2D eigenvalue weighted by molar-refractivity contribution is -0.122. The monoisotopic (exact) mass is 409 g/mol. The van der Waals surface area contributed by atoms with E-state index in [2.05, 4.69) is 10.3 Å². The predicted molar refractivity (Wildman–Crippen MR) is 109 cm³/mol. The summed E-state index contributed by atoms with van der Waals surface area (Å²) in [6.45, 7) is 0.843. The van der Waals surface area contributed by atoms with E-state index < -0.39 is 5.63 Å². The molecular formula is C21H19N3O4S. The second-order valence-electron chi connectivity index (χ2n) is 7.47. The Morgan fingerprint density at radius 2 is 2.07 bits per heavy atom. The lowest BCUT2D eigenvalue weighted by Crippen LogP contribution is -2.37. The minimum atomic E-state index is -0.628. The molecule has 0 unspecified atom stereocenters. The molecule has 0 spiro atoms. The molecule has 1 saturated carbocycles. The first-order valence-electron chi connectivity index (χ1n) is 9.70. The standard InChI is InChI=1S/C21H19N3O4S/c25-18(12-5-3-6-12)23-21-22-15-8-9-24(11-17(15)29-21)19(26)14-10-13-4-1-2-7-16(13)28-20(14)27/h1-2,4,7,10,12H,3,5-6,8-9,11H2,(H,22,23,25). The zero-order valence-electron chi connectivity index (χ0n) is 15.6. The Labute approximate surface area is 170 Å². The Morgan fingerprint density at radius 3 is 2.86 bits per heavy atom. The van der Waals surface area contributed by atoms with Crippen molar-refractivity contribution in [2.45, 2.75) is 32.2 Å². The first kappa shape index (κ1) is 18.1. The number of carbonyl (C=O) groups is 2. The minimum absolute atomic E-state index is 0.0315. The fourth-order valence-electron chi connectivity index (χ4n) is 3.68. The van der Waals surface area contributed by atoms with Crippen molar-refractivity contribution in [2.75, 3.05) is 11.9 Å². The van der Waals surface area contributed by atoms with Crippen LogP contribution in [-0.4, -0.2) is 28.2 Å². The maximum atomic E-state index is 13.0. The van der Waals surface area contributed by atoms with Gasteiger partial charge in [-0.25, -0.2) is 9.78 Å². The van der Waals surface area contributed by atoms with Crippen LogP contribution in [0.5, 0.6) is 0 Å². The summed E-state index contributed by atoms with van der Waals surface area (Å²) < 4.78 is 5.30. The number of fused-ring (bicyclic) bond motifs is 2. The summed E-state index contributed by atoms with van der Waals surface area (Å²) in [5.74, 6) is -0.214. The molecule has 0 saturated heterocycles. The van der Waals surface area contributed by atoms with Gasteiger partial charge in [-0.15, -0.1) is 0 Å². The molecule has 3 aromatic rings. The van der Waals surface area contributed by atoms with Crippen LogP contribution in [0.15, 0.2) is 39.5 Å². The lowest BCUT2D eigenvalue weighted by Gasteiger charge is -2.25. The van der Waals surface area contributed by atoms with Crippen molar-refractivity contribution in [3.05, 3.63) is 56.9 Å². The quantitative estimate of drug-likeness (QED) is 0.671. The first-order valence-corrected chi connectivity index (χ1v) is 10.5. The van der Waals surface area contributed by atoms with Crippen LogP contribution in [0.25, 0.3) is 11.0 Å². The molecule has 0 radical (unpaired) electrons. The molecule has 2 amide bonds. The van der Waals surface area contributed by atoms with E-state index in [4.69, 9.17) is 4.42 Å². The predicted octanol–water partition coefficient (Wildman–Crippen LogP) is 3.19. The lowest BCUT2D eigenvalue weighted by atomic mass is 9.85. The maximum Gasteiger partial charge on any atom is 0.349 e. The summed E-state index contributed by atoms with van der Waals surface area (Å²) in [5.41, 5.74) is 0.783. The van der Waals surface area contributed by atoms with Crippen LogP contribution in [-0.2, 0) is 17.8 Å². The van der Waals surface area contributed by atoms with Crippen LogP contribution in [0.4, 0.5) is 5.13 Å². The van der Waals surface area contributed by atoms with Crippen LogP contribution in [0, 0.1) is 5.92 Å². The summed E-state index contributed by atoms with van der Waals surface area (Å²) >= 11 is 1.40. The molecule has 7 nitrogen and oxygen atoms in total. The van der Waals surface area contributed by atoms with E-state index in [0.717, 1.165) is 29.8 Å². The number of benzene rings is 1. The highest BCUT2D eigenvalue weighted by atomic mass is 32.1. The van der Waals surface area contributed by atoms with Crippen molar-refractivity contribution < 1.29 is 14.0 Å². The van der Waals surface area contributed by atoms with Crippen LogP contribution in [0.1, 0.15) is 40.2 Å². The Balaban J connectivity index is 1.35. The minimum Gasteiger partial charge on any atom is -0.422 e. The SMILES string of the molecule is O=C(Nc1nc2c(s1)CN(C(=O)c1cc3ccccc3oc1=O)CC2)C1CCC1. The Kier molecular flexibility index (Phi) is 4.43. The number of carbonyl (C=O) groups excluding carboxylic acids is 2. The number of anilines is 1. The van der Waals surface area contributed by atoms with Crippen LogP contribution >= 0.6 is 11.3 Å². The molecule has 1 aliphatic carbocycles. The fraction of sp³-hybridized carbons (Fsp3) is 0.333. The van der Waals surface area contributed by atoms with Crippen LogP contribution in [0.2, 0.25) is 0 Å². The van der Waals surface area contributed by atoms with Gasteiger partial charge < -0.3 is 14.6 Å². The van der Waals surface area contributed by atoms with Crippen molar-refractivity contribution >= 4 is 39.3 Å². The highest BCUT2D eigenvalue weighted by molar-refractivity contribution is 7.15. The van der Waals surface area contributed by atoms with Crippen LogP contribution in [0.3, 0.4) is 0 Å². The first-order chi connectivity index (χ1) is 14.1. The van der Waals surface area contributed by atoms with Crippen LogP contribution < -0.4 is 10.9 Å². The van der Waals surface area contributed by atoms with Crippen molar-refractivity contribution in [1.82, 2.24) is 9.88 Å². The largest absolute Gasteiger partial charge is 0.422 e. The third-order valence-electron chi connectivity index (χ3n) is 5.60. The van der Waals surface area contributed by atoms with Gasteiger partial charge >= 0.3 is 5.63 Å². The van der Waals surface area contributed by atoms with E-state index in [0.29, 0.717) is 35.6 Å². The van der Waals surface area contributed by atoms with E-state index in [1.54, 1.807) is 23.1 Å². The van der Waals surface area contributed by atoms with Crippen molar-refractivity contribution in [3.63, 3.8) is 0 Å². The maximum absolute atomic E-state index is 13.0. The summed E-state index contributed by atoms with van der Waals surface area (Å²) in [7, 11) is 0. The van der Waals surface area contributed by atoms with Crippen molar-refractivity contribution in [2.24, 2.45) is 5.92 Å². The number of nitrogens with one attached hydrogen (secondary N) is 1. The number of nitrogens with zero attached hydrogens (tertiary/aromatic N) is 2. The highest BCUT2D eigenvalue weighted by Gasteiger charge is 2.29. The summed E-state index contributed by atoms with van der Waals surface area (Å²) in [6, 6.07) is 8.72. The Morgan fingerprint density at radius 1 is 1.24 bits per heavy atom. The molecular weight excluding hydrogens is 390 g/mol. The van der Waals surface area contributed by atoms with Gasteiger partial charge in [-0.2, -0.15) is 0 Å². The van der Waals surface area contributed by atoms with Gasteiger partial charge in [0, 0.05) is 29.1 Å². The van der Waals surface area contributed by atoms with Gasteiger partial charge in [0.2, 0.25) is 5.91 Å². The molecule has 0 atom stereocenters. The van der Waals surface area contributed by atoms with E-state index >= 15 is 0 Å². The molecule has 8 heteroatoms. The summed E-state index contributed by atoms with van der Waals surface area (Å²) in [6.07, 6.45) is 3.57. The molecule has 1 N–H and O–H groups in total. The van der Waals surface area contributed by atoms with E-state index in [9.17, 15) is 14.4 Å². The number of amides is 2. The van der Waals surface area contributed by atoms with E-state index in [1.807, 2.05) is 12.1 Å². The Bertz CT molecular complexity index is 1180. The molecule has 3 heterocycles. The normalized spacial score (nSPS) is 16.3. The van der Waals surface area contributed by atoms with Crippen molar-refractivity contribution in [1.29, 1.82) is 0 Å². The van der Waals surface area contributed by atoms with Crippen molar-refractivity contribution in [3.8, 4) is 0 Å². The molecule has 1 aromatic carbocycles. The second kappa shape index (κ2) is 7.11. The molecule has 5 rings (SSSR count). The van der Waals surface area contributed by atoms with E-state index in [-0.39, 0.29) is 23.3 Å². The number of aromatic nitrogens is 1. The molecule has 29 heavy (non-hydrogen) atoms. The van der Waals surface area contributed by atoms with Gasteiger partial charge in [-0.3, -0.25) is 9.59 Å². The smallest absolute Gasteiger partial charge is 0.349 e. The van der Waals surface area contributed by atoms with Gasteiger partial charge in [-0.1, -0.05) is 36.0 Å². The Hall–Kier alpha value is -3.00. The zero-order chi connectivity index (χ0) is 20.0. The van der Waals surface area contributed by atoms with Gasteiger partial charge in [0.05, 0.1) is 12.2 Å².